The summed E-state index contributed by atoms with van der Waals surface area (Å²) in [5.41, 5.74) is 2.01. The van der Waals surface area contributed by atoms with Crippen molar-refractivity contribution in [1.29, 1.82) is 0 Å². The zero-order valence-electron chi connectivity index (χ0n) is 10.6. The quantitative estimate of drug-likeness (QED) is 0.851. The summed E-state index contributed by atoms with van der Waals surface area (Å²) in [6.45, 7) is 3.41. The van der Waals surface area contributed by atoms with E-state index < -0.39 is 0 Å². The van der Waals surface area contributed by atoms with Gasteiger partial charge in [-0.05, 0) is 56.0 Å². The van der Waals surface area contributed by atoms with E-state index in [1.165, 1.54) is 12.1 Å². The highest BCUT2D eigenvalue weighted by molar-refractivity contribution is 5.81. The van der Waals surface area contributed by atoms with Crippen LogP contribution in [0.25, 0.3) is 0 Å². The number of nitrogens with one attached hydrogen (secondary N) is 2. The van der Waals surface area contributed by atoms with Gasteiger partial charge in [-0.2, -0.15) is 0 Å². The van der Waals surface area contributed by atoms with Gasteiger partial charge in [-0.25, -0.2) is 4.39 Å². The average Bonchev–Trinajstić information content (AvgIpc) is 2.85. The Hall–Kier alpha value is -1.42. The summed E-state index contributed by atoms with van der Waals surface area (Å²) >= 11 is 0. The first kappa shape index (κ1) is 13.0. The van der Waals surface area contributed by atoms with Gasteiger partial charge in [0.25, 0.3) is 0 Å². The highest BCUT2D eigenvalue weighted by Crippen LogP contribution is 2.10. The lowest BCUT2D eigenvalue weighted by atomic mass is 10.1. The summed E-state index contributed by atoms with van der Waals surface area (Å²) < 4.78 is 12.9. The van der Waals surface area contributed by atoms with Gasteiger partial charge >= 0.3 is 0 Å². The van der Waals surface area contributed by atoms with Crippen LogP contribution in [0.15, 0.2) is 18.2 Å². The summed E-state index contributed by atoms with van der Waals surface area (Å²) in [6, 6.07) is 4.74. The van der Waals surface area contributed by atoms with Crippen molar-refractivity contribution in [3.05, 3.63) is 35.1 Å². The van der Waals surface area contributed by atoms with Crippen molar-refractivity contribution in [3.63, 3.8) is 0 Å². The van der Waals surface area contributed by atoms with Gasteiger partial charge in [0, 0.05) is 6.54 Å². The fourth-order valence-corrected chi connectivity index (χ4v) is 2.29. The van der Waals surface area contributed by atoms with Crippen LogP contribution in [0.4, 0.5) is 4.39 Å². The fraction of sp³-hybridized carbons (Fsp3) is 0.500. The first-order chi connectivity index (χ1) is 8.66. The van der Waals surface area contributed by atoms with E-state index in [1.807, 2.05) is 6.92 Å². The van der Waals surface area contributed by atoms with Crippen LogP contribution in [-0.4, -0.2) is 25.0 Å². The zero-order chi connectivity index (χ0) is 13.0. The number of halogens is 1. The van der Waals surface area contributed by atoms with Crippen molar-refractivity contribution in [3.8, 4) is 0 Å². The smallest absolute Gasteiger partial charge is 0.237 e. The molecule has 3 nitrogen and oxygen atoms in total. The Labute approximate surface area is 107 Å². The number of aryl methyl sites for hydroxylation is 1. The Bertz CT molecular complexity index is 428. The van der Waals surface area contributed by atoms with Crippen molar-refractivity contribution in [2.24, 2.45) is 0 Å². The van der Waals surface area contributed by atoms with Gasteiger partial charge < -0.3 is 10.6 Å². The van der Waals surface area contributed by atoms with Crippen LogP contribution >= 0.6 is 0 Å². The molecule has 0 aromatic heterocycles. The maximum Gasteiger partial charge on any atom is 0.237 e. The largest absolute Gasteiger partial charge is 0.354 e. The molecule has 1 amide bonds. The Morgan fingerprint density at radius 3 is 3.06 bits per heavy atom. The number of hydrogen-bond acceptors (Lipinski definition) is 2. The van der Waals surface area contributed by atoms with Crippen LogP contribution in [0.2, 0.25) is 0 Å². The van der Waals surface area contributed by atoms with Crippen LogP contribution in [0.3, 0.4) is 0 Å². The molecule has 1 aromatic rings. The molecule has 1 aliphatic rings. The molecular weight excluding hydrogens is 231 g/mol. The maximum atomic E-state index is 12.9. The molecule has 18 heavy (non-hydrogen) atoms. The van der Waals surface area contributed by atoms with E-state index >= 15 is 0 Å². The topological polar surface area (TPSA) is 41.1 Å². The van der Waals surface area contributed by atoms with E-state index in [4.69, 9.17) is 0 Å². The van der Waals surface area contributed by atoms with Gasteiger partial charge in [-0.1, -0.05) is 6.07 Å². The summed E-state index contributed by atoms with van der Waals surface area (Å²) in [5.74, 6) is -0.136. The van der Waals surface area contributed by atoms with Crippen LogP contribution in [0, 0.1) is 12.7 Å². The molecule has 1 fully saturated rings. The molecule has 0 unspecified atom stereocenters. The molecule has 2 N–H and O–H groups in total. The van der Waals surface area contributed by atoms with Gasteiger partial charge in [-0.3, -0.25) is 4.79 Å². The molecule has 0 radical (unpaired) electrons. The van der Waals surface area contributed by atoms with Crippen molar-refractivity contribution >= 4 is 5.91 Å². The Balaban J connectivity index is 1.79. The normalized spacial score (nSPS) is 18.9. The maximum absolute atomic E-state index is 12.9. The van der Waals surface area contributed by atoms with E-state index in [0.29, 0.717) is 6.54 Å². The third-order valence-corrected chi connectivity index (χ3v) is 3.38. The summed E-state index contributed by atoms with van der Waals surface area (Å²) in [4.78, 5) is 11.7. The van der Waals surface area contributed by atoms with Gasteiger partial charge in [0.1, 0.15) is 5.82 Å². The molecular formula is C14H19FN2O. The molecule has 1 saturated heterocycles. The van der Waals surface area contributed by atoms with Gasteiger partial charge in [-0.15, -0.1) is 0 Å². The molecule has 0 bridgehead atoms. The van der Waals surface area contributed by atoms with Crippen molar-refractivity contribution in [2.45, 2.75) is 32.2 Å². The molecule has 1 aliphatic heterocycles. The third kappa shape index (κ3) is 3.29. The van der Waals surface area contributed by atoms with E-state index in [0.717, 1.165) is 36.9 Å². The van der Waals surface area contributed by atoms with Crippen LogP contribution in [0.5, 0.6) is 0 Å². The van der Waals surface area contributed by atoms with Crippen molar-refractivity contribution in [1.82, 2.24) is 10.6 Å². The highest BCUT2D eigenvalue weighted by Gasteiger charge is 2.21. The van der Waals surface area contributed by atoms with Gasteiger partial charge in [0.2, 0.25) is 5.91 Å². The minimum atomic E-state index is -0.213. The van der Waals surface area contributed by atoms with Crippen molar-refractivity contribution in [2.75, 3.05) is 13.1 Å². The third-order valence-electron chi connectivity index (χ3n) is 3.38. The van der Waals surface area contributed by atoms with E-state index in [-0.39, 0.29) is 17.8 Å². The van der Waals surface area contributed by atoms with Crippen molar-refractivity contribution < 1.29 is 9.18 Å². The summed E-state index contributed by atoms with van der Waals surface area (Å²) in [7, 11) is 0. The highest BCUT2D eigenvalue weighted by atomic mass is 19.1. The van der Waals surface area contributed by atoms with E-state index in [9.17, 15) is 9.18 Å². The number of carbonyl (C=O) groups is 1. The second-order valence-electron chi connectivity index (χ2n) is 4.76. The predicted octanol–water partition coefficient (Wildman–Crippen LogP) is 1.54. The minimum Gasteiger partial charge on any atom is -0.354 e. The molecule has 0 aliphatic carbocycles. The number of hydrogen-bond donors (Lipinski definition) is 2. The molecule has 4 heteroatoms. The Morgan fingerprint density at radius 1 is 1.56 bits per heavy atom. The minimum absolute atomic E-state index is 0.0284. The SMILES string of the molecule is Cc1cc(F)ccc1CCNC(=O)[C@H]1CCCN1. The Kier molecular flexibility index (Phi) is 4.31. The number of benzene rings is 1. The molecule has 2 rings (SSSR count). The summed E-state index contributed by atoms with van der Waals surface area (Å²) in [5, 5.41) is 6.08. The molecule has 98 valence electrons. The van der Waals surface area contributed by atoms with Gasteiger partial charge in [0.15, 0.2) is 0 Å². The molecule has 0 saturated carbocycles. The summed E-state index contributed by atoms with van der Waals surface area (Å²) in [6.07, 6.45) is 2.72. The van der Waals surface area contributed by atoms with E-state index in [2.05, 4.69) is 10.6 Å². The lowest BCUT2D eigenvalue weighted by Crippen LogP contribution is -2.41. The molecule has 1 heterocycles. The van der Waals surface area contributed by atoms with E-state index in [1.54, 1.807) is 6.07 Å². The molecule has 0 spiro atoms. The first-order valence-electron chi connectivity index (χ1n) is 6.43. The predicted molar refractivity (Wildman–Crippen MR) is 68.9 cm³/mol. The molecule has 1 atom stereocenters. The average molecular weight is 250 g/mol. The number of rotatable bonds is 4. The monoisotopic (exact) mass is 250 g/mol. The number of carbonyl (C=O) groups excluding carboxylic acids is 1. The Morgan fingerprint density at radius 2 is 2.39 bits per heavy atom. The lowest BCUT2D eigenvalue weighted by molar-refractivity contribution is -0.122. The first-order valence-corrected chi connectivity index (χ1v) is 6.43. The number of amides is 1. The van der Waals surface area contributed by atoms with Crippen LogP contribution in [0.1, 0.15) is 24.0 Å². The second-order valence-corrected chi connectivity index (χ2v) is 4.76. The van der Waals surface area contributed by atoms with Crippen LogP contribution < -0.4 is 10.6 Å². The second kappa shape index (κ2) is 5.96. The van der Waals surface area contributed by atoms with Gasteiger partial charge in [0.05, 0.1) is 6.04 Å². The van der Waals surface area contributed by atoms with Crippen LogP contribution in [-0.2, 0) is 11.2 Å². The standard InChI is InChI=1S/C14H19FN2O/c1-10-9-12(15)5-4-11(10)6-8-17-14(18)13-3-2-7-16-13/h4-5,9,13,16H,2-3,6-8H2,1H3,(H,17,18)/t13-/m1/s1. The zero-order valence-corrected chi connectivity index (χ0v) is 10.6. The fourth-order valence-electron chi connectivity index (χ4n) is 2.29. The molecule has 1 aromatic carbocycles. The lowest BCUT2D eigenvalue weighted by Gasteiger charge is -2.11.